The van der Waals surface area contributed by atoms with Crippen molar-refractivity contribution < 1.29 is 4.74 Å². The number of para-hydroxylation sites is 1. The lowest BCUT2D eigenvalue weighted by molar-refractivity contribution is 0.238. The third-order valence-corrected chi connectivity index (χ3v) is 2.92. The molecule has 0 bridgehead atoms. The van der Waals surface area contributed by atoms with Crippen LogP contribution < -0.4 is 10.1 Å². The van der Waals surface area contributed by atoms with Crippen LogP contribution in [0.4, 0.5) is 0 Å². The zero-order chi connectivity index (χ0) is 13.5. The van der Waals surface area contributed by atoms with Crippen molar-refractivity contribution in [2.24, 2.45) is 5.92 Å². The molecule has 2 heteroatoms. The summed E-state index contributed by atoms with van der Waals surface area (Å²) in [4.78, 5) is 0. The van der Waals surface area contributed by atoms with Crippen molar-refractivity contribution in [3.8, 4) is 5.75 Å². The highest BCUT2D eigenvalue weighted by atomic mass is 16.5. The van der Waals surface area contributed by atoms with Crippen molar-refractivity contribution in [2.45, 2.75) is 53.2 Å². The highest BCUT2D eigenvalue weighted by molar-refractivity contribution is 5.35. The second-order valence-corrected chi connectivity index (χ2v) is 5.56. The quantitative estimate of drug-likeness (QED) is 0.783. The fourth-order valence-electron chi connectivity index (χ4n) is 1.90. The SMILES string of the molecule is CC(C)CCNC(C)c1ccccc1OC(C)C. The minimum Gasteiger partial charge on any atom is -0.491 e. The van der Waals surface area contributed by atoms with Crippen LogP contribution in [0, 0.1) is 5.92 Å². The van der Waals surface area contributed by atoms with Gasteiger partial charge in [-0.05, 0) is 45.7 Å². The van der Waals surface area contributed by atoms with E-state index in [1.165, 1.54) is 12.0 Å². The standard InChI is InChI=1S/C16H27NO/c1-12(2)10-11-17-14(5)15-8-6-7-9-16(15)18-13(3)4/h6-9,12-14,17H,10-11H2,1-5H3. The van der Waals surface area contributed by atoms with Gasteiger partial charge in [-0.2, -0.15) is 0 Å². The van der Waals surface area contributed by atoms with E-state index in [4.69, 9.17) is 4.74 Å². The van der Waals surface area contributed by atoms with Crippen LogP contribution in [0.5, 0.6) is 5.75 Å². The van der Waals surface area contributed by atoms with Gasteiger partial charge in [-0.15, -0.1) is 0 Å². The summed E-state index contributed by atoms with van der Waals surface area (Å²) in [6.07, 6.45) is 1.42. The van der Waals surface area contributed by atoms with Crippen molar-refractivity contribution in [3.05, 3.63) is 29.8 Å². The second-order valence-electron chi connectivity index (χ2n) is 5.56. The van der Waals surface area contributed by atoms with Crippen LogP contribution >= 0.6 is 0 Å². The number of rotatable bonds is 7. The zero-order valence-corrected chi connectivity index (χ0v) is 12.4. The van der Waals surface area contributed by atoms with Crippen LogP contribution in [0.1, 0.15) is 52.6 Å². The fraction of sp³-hybridized carbons (Fsp3) is 0.625. The Hall–Kier alpha value is -1.02. The molecule has 1 N–H and O–H groups in total. The van der Waals surface area contributed by atoms with Gasteiger partial charge in [-0.3, -0.25) is 0 Å². The first-order valence-electron chi connectivity index (χ1n) is 6.99. The smallest absolute Gasteiger partial charge is 0.124 e. The normalized spacial score (nSPS) is 13.1. The van der Waals surface area contributed by atoms with E-state index >= 15 is 0 Å². The molecule has 0 aromatic heterocycles. The Labute approximate surface area is 112 Å². The molecule has 0 amide bonds. The average Bonchev–Trinajstić information content (AvgIpc) is 2.28. The topological polar surface area (TPSA) is 21.3 Å². The van der Waals surface area contributed by atoms with Crippen LogP contribution in [0.15, 0.2) is 24.3 Å². The maximum absolute atomic E-state index is 5.85. The van der Waals surface area contributed by atoms with Gasteiger partial charge >= 0.3 is 0 Å². The second kappa shape index (κ2) is 7.42. The molecule has 0 spiro atoms. The largest absolute Gasteiger partial charge is 0.491 e. The molecule has 1 aromatic rings. The average molecular weight is 249 g/mol. The van der Waals surface area contributed by atoms with E-state index in [-0.39, 0.29) is 6.10 Å². The van der Waals surface area contributed by atoms with Crippen molar-refractivity contribution in [1.82, 2.24) is 5.32 Å². The molecule has 0 aliphatic heterocycles. The van der Waals surface area contributed by atoms with E-state index in [1.807, 2.05) is 6.07 Å². The van der Waals surface area contributed by atoms with E-state index in [2.05, 4.69) is 58.1 Å². The molecule has 18 heavy (non-hydrogen) atoms. The Balaban J connectivity index is 2.63. The van der Waals surface area contributed by atoms with Crippen LogP contribution in [-0.2, 0) is 0 Å². The van der Waals surface area contributed by atoms with E-state index in [0.717, 1.165) is 18.2 Å². The van der Waals surface area contributed by atoms with Gasteiger partial charge in [0.15, 0.2) is 0 Å². The molecule has 0 saturated carbocycles. The van der Waals surface area contributed by atoms with E-state index < -0.39 is 0 Å². The summed E-state index contributed by atoms with van der Waals surface area (Å²) in [6, 6.07) is 8.63. The van der Waals surface area contributed by atoms with Crippen molar-refractivity contribution in [2.75, 3.05) is 6.54 Å². The Bertz CT molecular complexity index is 347. The Morgan fingerprint density at radius 2 is 1.72 bits per heavy atom. The van der Waals surface area contributed by atoms with Gasteiger partial charge in [0.1, 0.15) is 5.75 Å². The molecule has 1 atom stereocenters. The first kappa shape index (κ1) is 15.0. The molecule has 0 fully saturated rings. The lowest BCUT2D eigenvalue weighted by Gasteiger charge is -2.20. The molecule has 0 saturated heterocycles. The summed E-state index contributed by atoms with van der Waals surface area (Å²) in [7, 11) is 0. The molecule has 0 aliphatic rings. The van der Waals surface area contributed by atoms with Gasteiger partial charge in [-0.1, -0.05) is 32.0 Å². The lowest BCUT2D eigenvalue weighted by atomic mass is 10.1. The van der Waals surface area contributed by atoms with E-state index in [1.54, 1.807) is 0 Å². The minimum absolute atomic E-state index is 0.217. The molecule has 0 radical (unpaired) electrons. The molecular weight excluding hydrogens is 222 g/mol. The van der Waals surface area contributed by atoms with Gasteiger partial charge in [0.2, 0.25) is 0 Å². The first-order chi connectivity index (χ1) is 8.50. The highest BCUT2D eigenvalue weighted by Gasteiger charge is 2.11. The number of hydrogen-bond donors (Lipinski definition) is 1. The van der Waals surface area contributed by atoms with Crippen LogP contribution in [-0.4, -0.2) is 12.6 Å². The molecular formula is C16H27NO. The van der Waals surface area contributed by atoms with Gasteiger partial charge in [0.05, 0.1) is 6.10 Å². The van der Waals surface area contributed by atoms with E-state index in [0.29, 0.717) is 6.04 Å². The van der Waals surface area contributed by atoms with E-state index in [9.17, 15) is 0 Å². The summed E-state index contributed by atoms with van der Waals surface area (Å²) in [5.74, 6) is 1.74. The van der Waals surface area contributed by atoms with Crippen molar-refractivity contribution >= 4 is 0 Å². The van der Waals surface area contributed by atoms with Gasteiger partial charge < -0.3 is 10.1 Å². The molecule has 1 unspecified atom stereocenters. The third kappa shape index (κ3) is 5.09. The molecule has 0 aliphatic carbocycles. The molecule has 0 heterocycles. The Morgan fingerprint density at radius 3 is 2.33 bits per heavy atom. The first-order valence-corrected chi connectivity index (χ1v) is 6.99. The summed E-state index contributed by atoms with van der Waals surface area (Å²) in [6.45, 7) is 11.9. The lowest BCUT2D eigenvalue weighted by Crippen LogP contribution is -2.22. The highest BCUT2D eigenvalue weighted by Crippen LogP contribution is 2.25. The van der Waals surface area contributed by atoms with Crippen LogP contribution in [0.25, 0.3) is 0 Å². The number of benzene rings is 1. The molecule has 1 rings (SSSR count). The zero-order valence-electron chi connectivity index (χ0n) is 12.4. The fourth-order valence-corrected chi connectivity index (χ4v) is 1.90. The Kier molecular flexibility index (Phi) is 6.20. The maximum Gasteiger partial charge on any atom is 0.124 e. The molecule has 2 nitrogen and oxygen atoms in total. The molecule has 102 valence electrons. The summed E-state index contributed by atoms with van der Waals surface area (Å²) < 4.78 is 5.85. The molecule has 1 aromatic carbocycles. The predicted molar refractivity (Wildman–Crippen MR) is 78.1 cm³/mol. The number of hydrogen-bond acceptors (Lipinski definition) is 2. The van der Waals surface area contributed by atoms with Gasteiger partial charge in [0.25, 0.3) is 0 Å². The van der Waals surface area contributed by atoms with Crippen LogP contribution in [0.3, 0.4) is 0 Å². The third-order valence-electron chi connectivity index (χ3n) is 2.92. The summed E-state index contributed by atoms with van der Waals surface area (Å²) in [5.41, 5.74) is 1.25. The summed E-state index contributed by atoms with van der Waals surface area (Å²) >= 11 is 0. The summed E-state index contributed by atoms with van der Waals surface area (Å²) in [5, 5.41) is 3.56. The minimum atomic E-state index is 0.217. The van der Waals surface area contributed by atoms with Crippen molar-refractivity contribution in [1.29, 1.82) is 0 Å². The maximum atomic E-state index is 5.85. The number of ether oxygens (including phenoxy) is 1. The Morgan fingerprint density at radius 1 is 1.06 bits per heavy atom. The predicted octanol–water partition coefficient (Wildman–Crippen LogP) is 4.17. The number of nitrogens with one attached hydrogen (secondary N) is 1. The van der Waals surface area contributed by atoms with Gasteiger partial charge in [-0.25, -0.2) is 0 Å². The van der Waals surface area contributed by atoms with Crippen LogP contribution in [0.2, 0.25) is 0 Å². The monoisotopic (exact) mass is 249 g/mol. The van der Waals surface area contributed by atoms with Gasteiger partial charge in [0, 0.05) is 11.6 Å². The van der Waals surface area contributed by atoms with Crippen molar-refractivity contribution in [3.63, 3.8) is 0 Å².